The number of aromatic nitrogens is 2. The van der Waals surface area contributed by atoms with Gasteiger partial charge in [0, 0.05) is 36.1 Å². The summed E-state index contributed by atoms with van der Waals surface area (Å²) in [6.07, 6.45) is 5.40. The average Bonchev–Trinajstić information content (AvgIpc) is 2.72. The molecule has 3 aromatic rings. The van der Waals surface area contributed by atoms with Gasteiger partial charge >= 0.3 is 0 Å². The molecule has 1 aromatic heterocycles. The van der Waals surface area contributed by atoms with Crippen LogP contribution < -0.4 is 15.4 Å². The lowest BCUT2D eigenvalue weighted by atomic mass is 9.98. The van der Waals surface area contributed by atoms with Crippen molar-refractivity contribution in [1.29, 1.82) is 0 Å². The summed E-state index contributed by atoms with van der Waals surface area (Å²) in [5, 5.41) is 5.54. The van der Waals surface area contributed by atoms with Gasteiger partial charge in [0.1, 0.15) is 11.6 Å². The number of hydrogen-bond donors (Lipinski definition) is 2. The van der Waals surface area contributed by atoms with Gasteiger partial charge in [0.15, 0.2) is 6.61 Å². The highest BCUT2D eigenvalue weighted by Gasteiger charge is 2.23. The highest BCUT2D eigenvalue weighted by molar-refractivity contribution is 6.30. The summed E-state index contributed by atoms with van der Waals surface area (Å²) in [4.78, 5) is 32.7. The molecule has 0 aliphatic heterocycles. The number of hydrogen-bond acceptors (Lipinski definition) is 5. The van der Waals surface area contributed by atoms with Crippen molar-refractivity contribution in [1.82, 2.24) is 20.6 Å². The standard InChI is InChI=1S/C21H16ClFN4O3/c22-16-3-2-15(10-17(16)23)30-11-20(28)26-13-8-14(9-13)27-21(29)12-1-4-18-19(7-12)25-6-5-24-18/h1-8,10,14H,9,11H2,(H,26,28)(H,27,29). The van der Waals surface area contributed by atoms with Gasteiger partial charge in [0.25, 0.3) is 11.8 Å². The molecule has 0 saturated heterocycles. The molecule has 152 valence electrons. The first-order valence-corrected chi connectivity index (χ1v) is 9.46. The fraction of sp³-hybridized carbons (Fsp3) is 0.143. The van der Waals surface area contributed by atoms with Crippen LogP contribution in [0.15, 0.2) is 60.6 Å². The van der Waals surface area contributed by atoms with Crippen molar-refractivity contribution < 1.29 is 18.7 Å². The summed E-state index contributed by atoms with van der Waals surface area (Å²) in [5.41, 5.74) is 2.52. The Labute approximate surface area is 175 Å². The number of ether oxygens (including phenoxy) is 1. The second kappa shape index (κ2) is 8.46. The molecule has 2 N–H and O–H groups in total. The topological polar surface area (TPSA) is 93.2 Å². The molecule has 1 aliphatic rings. The van der Waals surface area contributed by atoms with Gasteiger partial charge in [-0.2, -0.15) is 0 Å². The van der Waals surface area contributed by atoms with Gasteiger partial charge in [0.2, 0.25) is 0 Å². The van der Waals surface area contributed by atoms with Crippen LogP contribution >= 0.6 is 11.6 Å². The highest BCUT2D eigenvalue weighted by Crippen LogP contribution is 2.21. The maximum atomic E-state index is 13.4. The zero-order valence-corrected chi connectivity index (χ0v) is 16.3. The molecule has 1 unspecified atom stereocenters. The summed E-state index contributed by atoms with van der Waals surface area (Å²) >= 11 is 5.60. The van der Waals surface area contributed by atoms with E-state index in [0.717, 1.165) is 6.07 Å². The van der Waals surface area contributed by atoms with E-state index in [0.29, 0.717) is 28.7 Å². The molecule has 30 heavy (non-hydrogen) atoms. The van der Waals surface area contributed by atoms with Crippen LogP contribution in [0.1, 0.15) is 16.8 Å². The second-order valence-electron chi connectivity index (χ2n) is 6.65. The van der Waals surface area contributed by atoms with Crippen molar-refractivity contribution in [3.63, 3.8) is 0 Å². The fourth-order valence-corrected chi connectivity index (χ4v) is 3.04. The maximum Gasteiger partial charge on any atom is 0.262 e. The Hall–Kier alpha value is -3.52. The van der Waals surface area contributed by atoms with E-state index in [1.165, 1.54) is 12.1 Å². The van der Waals surface area contributed by atoms with E-state index in [1.807, 2.05) is 0 Å². The zero-order valence-electron chi connectivity index (χ0n) is 15.6. The predicted octanol–water partition coefficient (Wildman–Crippen LogP) is 3.00. The van der Waals surface area contributed by atoms with Crippen LogP contribution in [0, 0.1) is 5.82 Å². The summed E-state index contributed by atoms with van der Waals surface area (Å²) in [6.45, 7) is -0.270. The molecular weight excluding hydrogens is 411 g/mol. The first kappa shape index (κ1) is 19.8. The van der Waals surface area contributed by atoms with Gasteiger partial charge in [-0.05, 0) is 36.4 Å². The molecule has 1 aliphatic carbocycles. The minimum atomic E-state index is -0.617. The molecule has 2 amide bonds. The summed E-state index contributed by atoms with van der Waals surface area (Å²) < 4.78 is 18.6. The summed E-state index contributed by atoms with van der Waals surface area (Å²) in [6, 6.07) is 8.87. The third-order valence-corrected chi connectivity index (χ3v) is 4.76. The van der Waals surface area contributed by atoms with Gasteiger partial charge in [0.05, 0.1) is 22.1 Å². The molecule has 0 radical (unpaired) electrons. The van der Waals surface area contributed by atoms with E-state index >= 15 is 0 Å². The van der Waals surface area contributed by atoms with Gasteiger partial charge in [-0.1, -0.05) is 11.6 Å². The second-order valence-corrected chi connectivity index (χ2v) is 7.06. The van der Waals surface area contributed by atoms with Gasteiger partial charge in [-0.3, -0.25) is 19.6 Å². The van der Waals surface area contributed by atoms with E-state index in [-0.39, 0.29) is 35.2 Å². The Kier molecular flexibility index (Phi) is 5.58. The summed E-state index contributed by atoms with van der Waals surface area (Å²) in [5.74, 6) is -1.02. The van der Waals surface area contributed by atoms with Crippen molar-refractivity contribution in [2.24, 2.45) is 0 Å². The van der Waals surface area contributed by atoms with Crippen molar-refractivity contribution in [3.8, 4) is 5.75 Å². The molecular formula is C21H16ClFN4O3. The van der Waals surface area contributed by atoms with Crippen LogP contribution in [-0.2, 0) is 4.79 Å². The maximum absolute atomic E-state index is 13.4. The van der Waals surface area contributed by atoms with Crippen molar-refractivity contribution in [3.05, 3.63) is 77.0 Å². The van der Waals surface area contributed by atoms with E-state index in [4.69, 9.17) is 16.3 Å². The molecule has 0 bridgehead atoms. The Balaban J connectivity index is 1.26. The van der Waals surface area contributed by atoms with Crippen molar-refractivity contribution >= 4 is 34.4 Å². The third kappa shape index (κ3) is 4.55. The lowest BCUT2D eigenvalue weighted by Gasteiger charge is -2.26. The van der Waals surface area contributed by atoms with Crippen LogP contribution in [0.2, 0.25) is 5.02 Å². The Morgan fingerprint density at radius 2 is 1.90 bits per heavy atom. The number of nitrogens with one attached hydrogen (secondary N) is 2. The molecule has 0 fully saturated rings. The molecule has 9 heteroatoms. The first-order valence-electron chi connectivity index (χ1n) is 9.08. The SMILES string of the molecule is O=C(COc1ccc(Cl)c(F)c1)NC1=CC(NC(=O)c2ccc3nccnc3c2)C1. The van der Waals surface area contributed by atoms with Gasteiger partial charge in [-0.15, -0.1) is 0 Å². The van der Waals surface area contributed by atoms with E-state index in [9.17, 15) is 14.0 Å². The van der Waals surface area contributed by atoms with Crippen LogP contribution in [0.4, 0.5) is 4.39 Å². The fourth-order valence-electron chi connectivity index (χ4n) is 2.92. The third-order valence-electron chi connectivity index (χ3n) is 4.45. The number of rotatable bonds is 6. The van der Waals surface area contributed by atoms with Crippen LogP contribution in [0.25, 0.3) is 11.0 Å². The van der Waals surface area contributed by atoms with E-state index < -0.39 is 5.82 Å². The van der Waals surface area contributed by atoms with E-state index in [2.05, 4.69) is 20.6 Å². The van der Waals surface area contributed by atoms with Crippen LogP contribution in [0.5, 0.6) is 5.75 Å². The largest absolute Gasteiger partial charge is 0.484 e. The lowest BCUT2D eigenvalue weighted by molar-refractivity contribution is -0.122. The minimum absolute atomic E-state index is 0.0175. The Morgan fingerprint density at radius 3 is 2.67 bits per heavy atom. The van der Waals surface area contributed by atoms with Crippen LogP contribution in [-0.4, -0.2) is 34.4 Å². The number of nitrogens with zero attached hydrogens (tertiary/aromatic N) is 2. The number of carbonyl (C=O) groups excluding carboxylic acids is 2. The monoisotopic (exact) mass is 426 g/mol. The Morgan fingerprint density at radius 1 is 1.13 bits per heavy atom. The highest BCUT2D eigenvalue weighted by atomic mass is 35.5. The van der Waals surface area contributed by atoms with Crippen molar-refractivity contribution in [2.45, 2.75) is 12.5 Å². The molecule has 1 atom stereocenters. The smallest absolute Gasteiger partial charge is 0.262 e. The zero-order chi connectivity index (χ0) is 21.1. The molecule has 0 saturated carbocycles. The lowest BCUT2D eigenvalue weighted by Crippen LogP contribution is -2.42. The number of fused-ring (bicyclic) bond motifs is 1. The first-order chi connectivity index (χ1) is 14.5. The quantitative estimate of drug-likeness (QED) is 0.632. The summed E-state index contributed by atoms with van der Waals surface area (Å²) in [7, 11) is 0. The molecule has 4 rings (SSSR count). The minimum Gasteiger partial charge on any atom is -0.484 e. The predicted molar refractivity (Wildman–Crippen MR) is 109 cm³/mol. The number of halogens is 2. The molecule has 7 nitrogen and oxygen atoms in total. The Bertz CT molecular complexity index is 1170. The van der Waals surface area contributed by atoms with Gasteiger partial charge in [-0.25, -0.2) is 4.39 Å². The van der Waals surface area contributed by atoms with Gasteiger partial charge < -0.3 is 15.4 Å². The molecule has 1 heterocycles. The average molecular weight is 427 g/mol. The number of amides is 2. The van der Waals surface area contributed by atoms with Crippen LogP contribution in [0.3, 0.4) is 0 Å². The normalized spacial score (nSPS) is 15.1. The number of benzene rings is 2. The van der Waals surface area contributed by atoms with E-state index in [1.54, 1.807) is 36.7 Å². The van der Waals surface area contributed by atoms with Crippen molar-refractivity contribution in [2.75, 3.05) is 6.61 Å². The molecule has 2 aromatic carbocycles. The number of carbonyl (C=O) groups is 2. The molecule has 0 spiro atoms.